The summed E-state index contributed by atoms with van der Waals surface area (Å²) in [5, 5.41) is 0. The van der Waals surface area contributed by atoms with Gasteiger partial charge >= 0.3 is 0 Å². The van der Waals surface area contributed by atoms with E-state index >= 15 is 0 Å². The second-order valence-electron chi connectivity index (χ2n) is 3.69. The fourth-order valence-electron chi connectivity index (χ4n) is 1.62. The average molecular weight is 208 g/mol. The third-order valence-corrected chi connectivity index (χ3v) is 2.16. The minimum absolute atomic E-state index is 0.551. The lowest BCUT2D eigenvalue weighted by Gasteiger charge is -2.22. The quantitative estimate of drug-likeness (QED) is 0.804. The van der Waals surface area contributed by atoms with Gasteiger partial charge < -0.3 is 10.6 Å². The van der Waals surface area contributed by atoms with E-state index in [9.17, 15) is 0 Å². The highest BCUT2D eigenvalue weighted by Gasteiger charge is 2.07. The van der Waals surface area contributed by atoms with E-state index in [0.717, 1.165) is 37.6 Å². The fraction of sp³-hybridized carbons (Fsp3) is 0.636. The van der Waals surface area contributed by atoms with Gasteiger partial charge in [0.1, 0.15) is 17.5 Å². The van der Waals surface area contributed by atoms with E-state index in [-0.39, 0.29) is 0 Å². The van der Waals surface area contributed by atoms with E-state index in [1.54, 1.807) is 0 Å². The molecule has 4 heteroatoms. The number of nitrogens with zero attached hydrogens (tertiary/aromatic N) is 3. The van der Waals surface area contributed by atoms with Crippen molar-refractivity contribution in [3.63, 3.8) is 0 Å². The van der Waals surface area contributed by atoms with Crippen LogP contribution in [0.15, 0.2) is 6.07 Å². The van der Waals surface area contributed by atoms with Gasteiger partial charge in [-0.15, -0.1) is 0 Å². The van der Waals surface area contributed by atoms with Crippen LogP contribution >= 0.6 is 0 Å². The molecule has 1 rings (SSSR count). The summed E-state index contributed by atoms with van der Waals surface area (Å²) in [4.78, 5) is 10.7. The number of nitrogen functional groups attached to an aromatic ring is 1. The van der Waals surface area contributed by atoms with Crippen LogP contribution in [0.5, 0.6) is 0 Å². The largest absolute Gasteiger partial charge is 0.384 e. The van der Waals surface area contributed by atoms with Crippen molar-refractivity contribution in [1.29, 1.82) is 0 Å². The monoisotopic (exact) mass is 208 g/mol. The smallest absolute Gasteiger partial charge is 0.134 e. The maximum Gasteiger partial charge on any atom is 0.134 e. The average Bonchev–Trinajstić information content (AvgIpc) is 2.16. The van der Waals surface area contributed by atoms with E-state index in [4.69, 9.17) is 5.73 Å². The van der Waals surface area contributed by atoms with Gasteiger partial charge in [0.25, 0.3) is 0 Å². The van der Waals surface area contributed by atoms with Crippen LogP contribution in [-0.4, -0.2) is 23.1 Å². The van der Waals surface area contributed by atoms with Gasteiger partial charge in [-0.3, -0.25) is 0 Å². The molecule has 84 valence electrons. The van der Waals surface area contributed by atoms with Gasteiger partial charge in [0, 0.05) is 19.2 Å². The normalized spacial score (nSPS) is 10.3. The van der Waals surface area contributed by atoms with Gasteiger partial charge in [-0.2, -0.15) is 0 Å². The summed E-state index contributed by atoms with van der Waals surface area (Å²) in [6.07, 6.45) is 2.23. The van der Waals surface area contributed by atoms with Gasteiger partial charge in [-0.25, -0.2) is 9.97 Å². The highest BCUT2D eigenvalue weighted by atomic mass is 15.2. The predicted octanol–water partition coefficient (Wildman–Crippen LogP) is 1.99. The van der Waals surface area contributed by atoms with Crippen molar-refractivity contribution in [2.45, 2.75) is 33.6 Å². The lowest BCUT2D eigenvalue weighted by molar-refractivity contribution is 0.730. The van der Waals surface area contributed by atoms with Gasteiger partial charge in [-0.05, 0) is 19.8 Å². The molecule has 0 unspecified atom stereocenters. The first-order valence-electron chi connectivity index (χ1n) is 5.53. The van der Waals surface area contributed by atoms with Crippen LogP contribution in [0, 0.1) is 6.92 Å². The minimum atomic E-state index is 0.551. The second kappa shape index (κ2) is 5.53. The molecule has 0 saturated heterocycles. The number of nitrogens with two attached hydrogens (primary N) is 1. The van der Waals surface area contributed by atoms with E-state index < -0.39 is 0 Å². The molecule has 1 heterocycles. The molecule has 0 fully saturated rings. The fourth-order valence-corrected chi connectivity index (χ4v) is 1.62. The Kier molecular flexibility index (Phi) is 4.34. The zero-order valence-corrected chi connectivity index (χ0v) is 9.82. The standard InChI is InChI=1S/C11H20N4/c1-4-6-15(7-5-2)11-8-10(12)13-9(3)14-11/h8H,4-7H2,1-3H3,(H2,12,13,14). The van der Waals surface area contributed by atoms with E-state index in [1.165, 1.54) is 0 Å². The Labute approximate surface area is 91.5 Å². The van der Waals surface area contributed by atoms with Crippen molar-refractivity contribution >= 4 is 11.6 Å². The van der Waals surface area contributed by atoms with Crippen LogP contribution < -0.4 is 10.6 Å². The van der Waals surface area contributed by atoms with Crippen LogP contribution in [-0.2, 0) is 0 Å². The number of hydrogen-bond acceptors (Lipinski definition) is 4. The number of aromatic nitrogens is 2. The van der Waals surface area contributed by atoms with Crippen molar-refractivity contribution in [2.75, 3.05) is 23.7 Å². The maximum absolute atomic E-state index is 5.71. The Morgan fingerprint density at radius 3 is 2.27 bits per heavy atom. The molecule has 0 atom stereocenters. The van der Waals surface area contributed by atoms with Crippen molar-refractivity contribution in [1.82, 2.24) is 9.97 Å². The molecule has 4 nitrogen and oxygen atoms in total. The first kappa shape index (κ1) is 11.8. The first-order valence-corrected chi connectivity index (χ1v) is 5.53. The molecule has 0 bridgehead atoms. The molecule has 15 heavy (non-hydrogen) atoms. The highest BCUT2D eigenvalue weighted by molar-refractivity contribution is 5.46. The molecule has 0 radical (unpaired) electrons. The summed E-state index contributed by atoms with van der Waals surface area (Å²) in [6.45, 7) is 8.24. The third-order valence-electron chi connectivity index (χ3n) is 2.16. The van der Waals surface area contributed by atoms with Gasteiger partial charge in [-0.1, -0.05) is 13.8 Å². The predicted molar refractivity (Wildman–Crippen MR) is 64.0 cm³/mol. The van der Waals surface area contributed by atoms with Crippen LogP contribution in [0.2, 0.25) is 0 Å². The topological polar surface area (TPSA) is 55.0 Å². The van der Waals surface area contributed by atoms with Crippen molar-refractivity contribution in [3.8, 4) is 0 Å². The van der Waals surface area contributed by atoms with Crippen molar-refractivity contribution in [3.05, 3.63) is 11.9 Å². The molecular formula is C11H20N4. The van der Waals surface area contributed by atoms with Gasteiger partial charge in [0.05, 0.1) is 0 Å². The lowest BCUT2D eigenvalue weighted by atomic mass is 10.3. The van der Waals surface area contributed by atoms with Crippen LogP contribution in [0.4, 0.5) is 11.6 Å². The molecule has 0 aliphatic rings. The Bertz CT molecular complexity index is 285. The Balaban J connectivity index is 2.88. The second-order valence-corrected chi connectivity index (χ2v) is 3.69. The molecule has 0 aliphatic heterocycles. The number of anilines is 2. The molecule has 1 aromatic heterocycles. The molecule has 1 aromatic rings. The molecule has 0 aromatic carbocycles. The van der Waals surface area contributed by atoms with Crippen molar-refractivity contribution < 1.29 is 0 Å². The van der Waals surface area contributed by atoms with Crippen LogP contribution in [0.3, 0.4) is 0 Å². The Morgan fingerprint density at radius 1 is 1.20 bits per heavy atom. The number of aryl methyl sites for hydroxylation is 1. The SMILES string of the molecule is CCCN(CCC)c1cc(N)nc(C)n1. The summed E-state index contributed by atoms with van der Waals surface area (Å²) in [6, 6.07) is 1.85. The third kappa shape index (κ3) is 3.38. The number of hydrogen-bond donors (Lipinski definition) is 1. The summed E-state index contributed by atoms with van der Waals surface area (Å²) in [5.74, 6) is 2.24. The molecule has 0 amide bonds. The molecule has 0 aliphatic carbocycles. The summed E-state index contributed by atoms with van der Waals surface area (Å²) in [5.41, 5.74) is 5.71. The molecule has 0 spiro atoms. The van der Waals surface area contributed by atoms with Crippen molar-refractivity contribution in [2.24, 2.45) is 0 Å². The highest BCUT2D eigenvalue weighted by Crippen LogP contribution is 2.14. The minimum Gasteiger partial charge on any atom is -0.384 e. The van der Waals surface area contributed by atoms with E-state index in [1.807, 2.05) is 13.0 Å². The first-order chi connectivity index (χ1) is 7.17. The van der Waals surface area contributed by atoms with Crippen LogP contribution in [0.1, 0.15) is 32.5 Å². The number of rotatable bonds is 5. The van der Waals surface area contributed by atoms with Gasteiger partial charge in [0.15, 0.2) is 0 Å². The van der Waals surface area contributed by atoms with Crippen LogP contribution in [0.25, 0.3) is 0 Å². The summed E-state index contributed by atoms with van der Waals surface area (Å²) >= 11 is 0. The summed E-state index contributed by atoms with van der Waals surface area (Å²) in [7, 11) is 0. The molecule has 0 saturated carbocycles. The molecular weight excluding hydrogens is 188 g/mol. The Morgan fingerprint density at radius 2 is 1.80 bits per heavy atom. The zero-order valence-electron chi connectivity index (χ0n) is 9.82. The van der Waals surface area contributed by atoms with E-state index in [0.29, 0.717) is 5.82 Å². The Hall–Kier alpha value is -1.32. The van der Waals surface area contributed by atoms with E-state index in [2.05, 4.69) is 28.7 Å². The summed E-state index contributed by atoms with van der Waals surface area (Å²) < 4.78 is 0. The lowest BCUT2D eigenvalue weighted by Crippen LogP contribution is -2.26. The van der Waals surface area contributed by atoms with Gasteiger partial charge in [0.2, 0.25) is 0 Å². The maximum atomic E-state index is 5.71. The molecule has 2 N–H and O–H groups in total. The zero-order chi connectivity index (χ0) is 11.3.